The first-order valence-electron chi connectivity index (χ1n) is 7.42. The van der Waals surface area contributed by atoms with E-state index in [2.05, 4.69) is 18.8 Å². The van der Waals surface area contributed by atoms with Crippen LogP contribution in [0.1, 0.15) is 20.3 Å². The van der Waals surface area contributed by atoms with Crippen molar-refractivity contribution in [3.8, 4) is 0 Å². The van der Waals surface area contributed by atoms with Crippen LogP contribution < -0.4 is 0 Å². The zero-order chi connectivity index (χ0) is 16.2. The van der Waals surface area contributed by atoms with Crippen LogP contribution in [0, 0.1) is 5.92 Å². The number of imide groups is 1. The highest BCUT2D eigenvalue weighted by Gasteiger charge is 2.66. The molecule has 0 aromatic carbocycles. The van der Waals surface area contributed by atoms with Gasteiger partial charge in [-0.05, 0) is 6.42 Å². The summed E-state index contributed by atoms with van der Waals surface area (Å²) in [5, 5.41) is 0. The Balaban J connectivity index is 2.60. The highest BCUT2D eigenvalue weighted by molar-refractivity contribution is 5.96. The Morgan fingerprint density at radius 2 is 1.71 bits per heavy atom. The van der Waals surface area contributed by atoms with Crippen molar-refractivity contribution in [2.24, 2.45) is 10.9 Å². The zero-order valence-corrected chi connectivity index (χ0v) is 14.2. The summed E-state index contributed by atoms with van der Waals surface area (Å²) in [6.45, 7) is 4.70. The second kappa shape index (κ2) is 4.56. The lowest BCUT2D eigenvalue weighted by molar-refractivity contribution is -0.907. The summed E-state index contributed by atoms with van der Waals surface area (Å²) in [6.07, 6.45) is 2.68. The van der Waals surface area contributed by atoms with Crippen LogP contribution >= 0.6 is 0 Å². The molecule has 2 heterocycles. The van der Waals surface area contributed by atoms with Crippen molar-refractivity contribution in [1.29, 1.82) is 0 Å². The molecule has 0 aromatic rings. The van der Waals surface area contributed by atoms with E-state index < -0.39 is 0 Å². The first-order valence-corrected chi connectivity index (χ1v) is 7.42. The third-order valence-electron chi connectivity index (χ3n) is 4.71. The molecule has 0 aromatic heterocycles. The van der Waals surface area contributed by atoms with E-state index in [9.17, 15) is 9.59 Å². The molecule has 0 saturated heterocycles. The van der Waals surface area contributed by atoms with Gasteiger partial charge in [-0.1, -0.05) is 13.8 Å². The van der Waals surface area contributed by atoms with Crippen LogP contribution in [0.2, 0.25) is 0 Å². The molecule has 21 heavy (non-hydrogen) atoms. The van der Waals surface area contributed by atoms with Gasteiger partial charge in [0.25, 0.3) is 0 Å². The van der Waals surface area contributed by atoms with E-state index in [4.69, 9.17) is 0 Å². The molecular weight excluding hydrogens is 268 g/mol. The Morgan fingerprint density at radius 1 is 1.14 bits per heavy atom. The molecule has 3 amide bonds. The van der Waals surface area contributed by atoms with Gasteiger partial charge in [-0.3, -0.25) is 0 Å². The summed E-state index contributed by atoms with van der Waals surface area (Å²) in [6, 6.07) is -0.113. The highest BCUT2D eigenvalue weighted by atomic mass is 16.2. The molecule has 2 rings (SSSR count). The number of carbonyl (C=O) groups is 2. The van der Waals surface area contributed by atoms with E-state index >= 15 is 0 Å². The number of nitrogens with zero attached hydrogens (tertiary/aromatic N) is 4. The maximum Gasteiger partial charge on any atom is 0.528 e. The van der Waals surface area contributed by atoms with E-state index in [0.717, 1.165) is 6.42 Å². The van der Waals surface area contributed by atoms with Crippen LogP contribution in [0.4, 0.5) is 4.79 Å². The molecular formula is C15H27N4O2+3. The van der Waals surface area contributed by atoms with Gasteiger partial charge in [0.05, 0.1) is 35.2 Å². The third-order valence-corrected chi connectivity index (χ3v) is 4.71. The number of rotatable bonds is 3. The average molecular weight is 295 g/mol. The molecule has 0 spiro atoms. The number of hydrogen-bond acceptors (Lipinski definition) is 3. The Bertz CT molecular complexity index is 574. The summed E-state index contributed by atoms with van der Waals surface area (Å²) in [7, 11) is 9.24. The summed E-state index contributed by atoms with van der Waals surface area (Å²) in [5.74, 6) is 0.771. The van der Waals surface area contributed by atoms with Gasteiger partial charge < -0.3 is 0 Å². The van der Waals surface area contributed by atoms with Gasteiger partial charge in [0.15, 0.2) is 0 Å². The topological polar surface area (TPSA) is 46.5 Å². The van der Waals surface area contributed by atoms with E-state index in [1.165, 1.54) is 0 Å². The zero-order valence-electron chi connectivity index (χ0n) is 14.2. The van der Waals surface area contributed by atoms with Gasteiger partial charge in [-0.2, -0.15) is 9.28 Å². The van der Waals surface area contributed by atoms with Gasteiger partial charge in [0.2, 0.25) is 6.34 Å². The van der Waals surface area contributed by atoms with E-state index in [-0.39, 0.29) is 20.9 Å². The third kappa shape index (κ3) is 2.09. The second-order valence-electron chi connectivity index (χ2n) is 7.39. The SMILES string of the molecule is CCC(C)C[N+]1(C)C(=O)C2=C(N=C[N+]2(C)C)[N+](C)(C)C1=O. The van der Waals surface area contributed by atoms with Gasteiger partial charge >= 0.3 is 23.5 Å². The fourth-order valence-electron chi connectivity index (χ4n) is 3.20. The van der Waals surface area contributed by atoms with Gasteiger partial charge in [-0.25, -0.2) is 9.28 Å². The predicted octanol–water partition coefficient (Wildman–Crippen LogP) is 1.50. The van der Waals surface area contributed by atoms with Crippen LogP contribution in [-0.2, 0) is 4.79 Å². The molecule has 0 aliphatic carbocycles. The quantitative estimate of drug-likeness (QED) is 0.741. The maximum absolute atomic E-state index is 13.1. The van der Waals surface area contributed by atoms with Crippen LogP contribution in [0.25, 0.3) is 0 Å². The lowest BCUT2D eigenvalue weighted by atomic mass is 10.1. The standard InChI is InChI=1S/C15H27N4O2/c1-8-11(2)9-19(7)14(20)12-13(16-10-17(12,3)4)18(5,6)15(19)21/h10-11H,8-9H2,1-7H3/q+3. The molecule has 0 saturated carbocycles. The number of amides is 3. The monoisotopic (exact) mass is 295 g/mol. The molecule has 2 unspecified atom stereocenters. The number of quaternary nitrogens is 3. The Morgan fingerprint density at radius 3 is 2.24 bits per heavy atom. The van der Waals surface area contributed by atoms with Crippen LogP contribution in [0.3, 0.4) is 0 Å². The minimum atomic E-state index is -0.175. The lowest BCUT2D eigenvalue weighted by Crippen LogP contribution is -2.70. The Labute approximate surface area is 126 Å². The minimum Gasteiger partial charge on any atom is -0.238 e. The molecule has 2 aliphatic heterocycles. The summed E-state index contributed by atoms with van der Waals surface area (Å²) < 4.78 is 0.148. The van der Waals surface area contributed by atoms with Crippen LogP contribution in [0.15, 0.2) is 16.5 Å². The van der Waals surface area contributed by atoms with E-state index in [0.29, 0.717) is 28.5 Å². The molecule has 6 heteroatoms. The van der Waals surface area contributed by atoms with Gasteiger partial charge in [-0.15, -0.1) is 9.48 Å². The fraction of sp³-hybridized carbons (Fsp3) is 0.667. The predicted molar refractivity (Wildman–Crippen MR) is 80.6 cm³/mol. The lowest BCUT2D eigenvalue weighted by Gasteiger charge is -2.39. The maximum atomic E-state index is 13.1. The normalized spacial score (nSPS) is 31.6. The molecule has 0 bridgehead atoms. The number of aliphatic imine (C=N–C) groups is 1. The number of likely N-dealkylation sites (N-methyl/N-ethyl adjacent to an activating group) is 2. The van der Waals surface area contributed by atoms with Crippen molar-refractivity contribution in [1.82, 2.24) is 0 Å². The minimum absolute atomic E-state index is 0.0200. The largest absolute Gasteiger partial charge is 0.528 e. The molecule has 0 fully saturated rings. The molecule has 2 atom stereocenters. The van der Waals surface area contributed by atoms with Crippen molar-refractivity contribution in [3.05, 3.63) is 11.5 Å². The van der Waals surface area contributed by atoms with E-state index in [1.54, 1.807) is 13.4 Å². The van der Waals surface area contributed by atoms with E-state index in [1.807, 2.05) is 28.2 Å². The highest BCUT2D eigenvalue weighted by Crippen LogP contribution is 2.38. The first-order chi connectivity index (χ1) is 9.48. The summed E-state index contributed by atoms with van der Waals surface area (Å²) >= 11 is 0. The smallest absolute Gasteiger partial charge is 0.238 e. The first kappa shape index (κ1) is 16.0. The molecule has 116 valence electrons. The Hall–Kier alpha value is -1.37. The van der Waals surface area contributed by atoms with Crippen LogP contribution in [0.5, 0.6) is 0 Å². The Kier molecular flexibility index (Phi) is 3.48. The molecule has 0 radical (unpaired) electrons. The van der Waals surface area contributed by atoms with Crippen molar-refractivity contribution >= 4 is 18.3 Å². The van der Waals surface area contributed by atoms with Gasteiger partial charge in [0, 0.05) is 5.92 Å². The summed E-state index contributed by atoms with van der Waals surface area (Å²) in [5.41, 5.74) is 0.630. The number of hydrogen-bond donors (Lipinski definition) is 0. The number of urea groups is 1. The molecule has 6 nitrogen and oxygen atoms in total. The molecule has 0 N–H and O–H groups in total. The van der Waals surface area contributed by atoms with Gasteiger partial charge in [0.1, 0.15) is 6.54 Å². The molecule has 2 aliphatic rings. The summed E-state index contributed by atoms with van der Waals surface area (Å²) in [4.78, 5) is 30.5. The second-order valence-corrected chi connectivity index (χ2v) is 7.39. The van der Waals surface area contributed by atoms with Crippen molar-refractivity contribution in [2.75, 3.05) is 41.8 Å². The fourth-order valence-corrected chi connectivity index (χ4v) is 3.20. The van der Waals surface area contributed by atoms with Crippen molar-refractivity contribution in [2.45, 2.75) is 20.3 Å². The average Bonchev–Trinajstić information content (AvgIpc) is 2.71. The van der Waals surface area contributed by atoms with Crippen LogP contribution in [-0.4, -0.2) is 73.5 Å². The number of carbonyl (C=O) groups excluding carboxylic acids is 2. The van der Waals surface area contributed by atoms with Crippen molar-refractivity contribution in [3.63, 3.8) is 0 Å². The van der Waals surface area contributed by atoms with Crippen molar-refractivity contribution < 1.29 is 23.0 Å².